The van der Waals surface area contributed by atoms with Gasteiger partial charge in [-0.25, -0.2) is 0 Å². The Hall–Kier alpha value is -2.42. The number of carbonyl (C=O) groups is 2. The fourth-order valence-corrected chi connectivity index (χ4v) is 2.47. The molecule has 25 heavy (non-hydrogen) atoms. The first-order valence-electron chi connectivity index (χ1n) is 7.55. The number of benzene rings is 1. The second-order valence-corrected chi connectivity index (χ2v) is 5.69. The molecule has 0 spiro atoms. The summed E-state index contributed by atoms with van der Waals surface area (Å²) < 4.78 is 0. The number of nitrogens with one attached hydrogen (secondary N) is 2. The van der Waals surface area contributed by atoms with Crippen molar-refractivity contribution in [3.63, 3.8) is 0 Å². The Balaban J connectivity index is 2.16. The summed E-state index contributed by atoms with van der Waals surface area (Å²) in [7, 11) is -1.65. The summed E-state index contributed by atoms with van der Waals surface area (Å²) in [6, 6.07) is 9.43. The lowest BCUT2D eigenvalue weighted by molar-refractivity contribution is -0.121. The van der Waals surface area contributed by atoms with Gasteiger partial charge in [0.25, 0.3) is 5.91 Å². The van der Waals surface area contributed by atoms with Crippen LogP contribution in [0.15, 0.2) is 48.8 Å². The molecule has 7 nitrogen and oxygen atoms in total. The van der Waals surface area contributed by atoms with Crippen LogP contribution in [-0.4, -0.2) is 40.4 Å². The summed E-state index contributed by atoms with van der Waals surface area (Å²) in [4.78, 5) is 28.3. The summed E-state index contributed by atoms with van der Waals surface area (Å²) in [5, 5.41) is 23.2. The minimum absolute atomic E-state index is 0.109. The van der Waals surface area contributed by atoms with E-state index in [9.17, 15) is 9.59 Å². The van der Waals surface area contributed by atoms with E-state index >= 15 is 0 Å². The van der Waals surface area contributed by atoms with Gasteiger partial charge in [0.1, 0.15) is 0 Å². The number of carbonyl (C=O) groups excluding carboxylic acids is 2. The summed E-state index contributed by atoms with van der Waals surface area (Å²) in [6.45, 7) is 0. The zero-order chi connectivity index (χ0) is 18.2. The lowest BCUT2D eigenvalue weighted by Crippen LogP contribution is -2.38. The van der Waals surface area contributed by atoms with Crippen LogP contribution < -0.4 is 10.6 Å². The highest BCUT2D eigenvalue weighted by Crippen LogP contribution is 2.25. The van der Waals surface area contributed by atoms with Crippen molar-refractivity contribution in [1.82, 2.24) is 15.6 Å². The number of hydrogen-bond acceptors (Lipinski definition) is 5. The van der Waals surface area contributed by atoms with E-state index in [0.29, 0.717) is 16.1 Å². The molecular formula is C16H17BClN3O4. The van der Waals surface area contributed by atoms with Gasteiger partial charge in [0.15, 0.2) is 0 Å². The summed E-state index contributed by atoms with van der Waals surface area (Å²) >= 11 is 6.18. The van der Waals surface area contributed by atoms with Gasteiger partial charge in [-0.1, -0.05) is 29.8 Å². The second kappa shape index (κ2) is 9.17. The SMILES string of the molecule is O=C(CC(NC(=O)c1cccnc1)c1ccccc1Cl)NCB(O)O. The Kier molecular flexibility index (Phi) is 6.94. The maximum Gasteiger partial charge on any atom is 0.472 e. The van der Waals surface area contributed by atoms with Crippen LogP contribution in [0.3, 0.4) is 0 Å². The third-order valence-electron chi connectivity index (χ3n) is 3.38. The van der Waals surface area contributed by atoms with Gasteiger partial charge in [-0.15, -0.1) is 0 Å². The summed E-state index contributed by atoms with van der Waals surface area (Å²) in [6.07, 6.45) is 2.56. The van der Waals surface area contributed by atoms with Gasteiger partial charge in [0, 0.05) is 17.4 Å². The minimum atomic E-state index is -1.65. The molecule has 9 heteroatoms. The van der Waals surface area contributed by atoms with Crippen LogP contribution in [-0.2, 0) is 4.79 Å². The quantitative estimate of drug-likeness (QED) is 0.543. The van der Waals surface area contributed by atoms with Gasteiger partial charge in [-0.2, -0.15) is 0 Å². The Morgan fingerprint density at radius 3 is 2.60 bits per heavy atom. The number of hydrogen-bond donors (Lipinski definition) is 4. The van der Waals surface area contributed by atoms with Gasteiger partial charge < -0.3 is 20.7 Å². The van der Waals surface area contributed by atoms with Crippen molar-refractivity contribution in [2.75, 3.05) is 6.44 Å². The molecule has 1 heterocycles. The molecule has 0 fully saturated rings. The van der Waals surface area contributed by atoms with Gasteiger partial charge in [-0.3, -0.25) is 14.6 Å². The fourth-order valence-electron chi connectivity index (χ4n) is 2.20. The van der Waals surface area contributed by atoms with E-state index in [1.54, 1.807) is 42.6 Å². The van der Waals surface area contributed by atoms with Crippen molar-refractivity contribution in [2.24, 2.45) is 0 Å². The van der Waals surface area contributed by atoms with Crippen LogP contribution in [0, 0.1) is 0 Å². The van der Waals surface area contributed by atoms with E-state index in [4.69, 9.17) is 21.6 Å². The highest BCUT2D eigenvalue weighted by Gasteiger charge is 2.22. The number of amides is 2. The molecule has 1 aromatic heterocycles. The van der Waals surface area contributed by atoms with E-state index in [1.807, 2.05) is 0 Å². The normalized spacial score (nSPS) is 11.5. The molecule has 2 aromatic rings. The van der Waals surface area contributed by atoms with Gasteiger partial charge in [-0.05, 0) is 23.8 Å². The second-order valence-electron chi connectivity index (χ2n) is 5.28. The van der Waals surface area contributed by atoms with Crippen molar-refractivity contribution in [3.8, 4) is 0 Å². The molecule has 1 atom stereocenters. The lowest BCUT2D eigenvalue weighted by atomic mass is 9.92. The number of aromatic nitrogens is 1. The predicted molar refractivity (Wildman–Crippen MR) is 93.7 cm³/mol. The largest absolute Gasteiger partial charge is 0.472 e. The molecule has 2 rings (SSSR count). The smallest absolute Gasteiger partial charge is 0.426 e. The third kappa shape index (κ3) is 5.86. The van der Waals surface area contributed by atoms with Crippen molar-refractivity contribution < 1.29 is 19.6 Å². The fraction of sp³-hybridized carbons (Fsp3) is 0.188. The molecular weight excluding hydrogens is 344 g/mol. The molecule has 130 valence electrons. The van der Waals surface area contributed by atoms with E-state index in [0.717, 1.165) is 0 Å². The topological polar surface area (TPSA) is 112 Å². The number of halogens is 1. The monoisotopic (exact) mass is 361 g/mol. The van der Waals surface area contributed by atoms with Crippen LogP contribution in [0.1, 0.15) is 28.4 Å². The summed E-state index contributed by atoms with van der Waals surface area (Å²) in [5.74, 6) is -0.850. The van der Waals surface area contributed by atoms with Crippen LogP contribution in [0.2, 0.25) is 5.02 Å². The third-order valence-corrected chi connectivity index (χ3v) is 3.73. The van der Waals surface area contributed by atoms with Crippen molar-refractivity contribution in [1.29, 1.82) is 0 Å². The first-order chi connectivity index (χ1) is 12.0. The zero-order valence-corrected chi connectivity index (χ0v) is 14.0. The first kappa shape index (κ1) is 18.9. The Labute approximate surface area is 150 Å². The molecule has 0 saturated carbocycles. The molecule has 2 amide bonds. The van der Waals surface area contributed by atoms with Crippen LogP contribution in [0.25, 0.3) is 0 Å². The number of rotatable bonds is 7. The van der Waals surface area contributed by atoms with Crippen LogP contribution >= 0.6 is 11.6 Å². The van der Waals surface area contributed by atoms with E-state index < -0.39 is 25.0 Å². The van der Waals surface area contributed by atoms with Gasteiger partial charge in [0.2, 0.25) is 5.91 Å². The zero-order valence-electron chi connectivity index (χ0n) is 13.2. The minimum Gasteiger partial charge on any atom is -0.426 e. The molecule has 0 aliphatic heterocycles. The van der Waals surface area contributed by atoms with E-state index in [1.165, 1.54) is 6.20 Å². The maximum absolute atomic E-state index is 12.4. The molecule has 1 aromatic carbocycles. The van der Waals surface area contributed by atoms with E-state index in [2.05, 4.69) is 15.6 Å². The van der Waals surface area contributed by atoms with Crippen LogP contribution in [0.5, 0.6) is 0 Å². The average Bonchev–Trinajstić information content (AvgIpc) is 2.60. The molecule has 4 N–H and O–H groups in total. The Bertz CT molecular complexity index is 730. The molecule has 0 aliphatic rings. The standard InChI is InChI=1S/C16H17BClN3O4/c18-13-6-2-1-5-12(13)14(8-15(22)20-10-17(24)25)21-16(23)11-4-3-7-19-9-11/h1-7,9,14,24-25H,8,10H2,(H,20,22)(H,21,23). The molecule has 0 aliphatic carbocycles. The maximum atomic E-state index is 12.4. The molecule has 0 bridgehead atoms. The van der Waals surface area contributed by atoms with Crippen molar-refractivity contribution in [2.45, 2.75) is 12.5 Å². The van der Waals surface area contributed by atoms with Crippen molar-refractivity contribution in [3.05, 3.63) is 64.9 Å². The van der Waals surface area contributed by atoms with Crippen LogP contribution in [0.4, 0.5) is 0 Å². The molecule has 0 saturated heterocycles. The van der Waals surface area contributed by atoms with Crippen molar-refractivity contribution >= 4 is 30.5 Å². The highest BCUT2D eigenvalue weighted by atomic mass is 35.5. The Morgan fingerprint density at radius 2 is 1.96 bits per heavy atom. The number of nitrogens with zero attached hydrogens (tertiary/aromatic N) is 1. The molecule has 1 unspecified atom stereocenters. The molecule has 0 radical (unpaired) electrons. The summed E-state index contributed by atoms with van der Waals surface area (Å²) in [5.41, 5.74) is 0.937. The average molecular weight is 362 g/mol. The first-order valence-corrected chi connectivity index (χ1v) is 7.93. The lowest BCUT2D eigenvalue weighted by Gasteiger charge is -2.20. The highest BCUT2D eigenvalue weighted by molar-refractivity contribution is 6.41. The predicted octanol–water partition coefficient (Wildman–Crippen LogP) is 0.724. The number of pyridine rings is 1. The van der Waals surface area contributed by atoms with Gasteiger partial charge >= 0.3 is 7.12 Å². The Morgan fingerprint density at radius 1 is 1.20 bits per heavy atom. The van der Waals surface area contributed by atoms with Gasteiger partial charge in [0.05, 0.1) is 24.5 Å². The van der Waals surface area contributed by atoms with E-state index in [-0.39, 0.29) is 12.9 Å².